The topological polar surface area (TPSA) is 60.2 Å². The molecule has 1 saturated heterocycles. The van der Waals surface area contributed by atoms with Crippen LogP contribution in [-0.4, -0.2) is 29.9 Å². The lowest BCUT2D eigenvalue weighted by Gasteiger charge is -2.04. The molecule has 1 fully saturated rings. The van der Waals surface area contributed by atoms with E-state index in [0.717, 1.165) is 18.8 Å². The number of ether oxygens (including phenoxy) is 1. The van der Waals surface area contributed by atoms with Crippen LogP contribution in [0.15, 0.2) is 4.52 Å². The molecule has 0 bridgehead atoms. The van der Waals surface area contributed by atoms with E-state index in [0.29, 0.717) is 12.3 Å². The first-order chi connectivity index (χ1) is 7.29. The normalized spacial score (nSPS) is 23.2. The van der Waals surface area contributed by atoms with E-state index in [2.05, 4.69) is 15.5 Å². The molecule has 15 heavy (non-hydrogen) atoms. The quantitative estimate of drug-likeness (QED) is 0.807. The van der Waals surface area contributed by atoms with Gasteiger partial charge < -0.3 is 14.6 Å². The number of aromatic nitrogens is 2. The summed E-state index contributed by atoms with van der Waals surface area (Å²) in [4.78, 5) is 4.36. The van der Waals surface area contributed by atoms with Crippen LogP contribution in [0.2, 0.25) is 0 Å². The lowest BCUT2D eigenvalue weighted by molar-refractivity contribution is 0.116. The number of rotatable bonds is 4. The molecular weight excluding hydrogens is 194 g/mol. The minimum atomic E-state index is 0.131. The van der Waals surface area contributed by atoms with Gasteiger partial charge in [0.15, 0.2) is 5.82 Å². The molecule has 0 spiro atoms. The van der Waals surface area contributed by atoms with Crippen molar-refractivity contribution in [1.29, 1.82) is 0 Å². The summed E-state index contributed by atoms with van der Waals surface area (Å²) in [6, 6.07) is 0.254. The van der Waals surface area contributed by atoms with E-state index in [-0.39, 0.29) is 12.1 Å². The van der Waals surface area contributed by atoms with Crippen LogP contribution in [0.5, 0.6) is 0 Å². The monoisotopic (exact) mass is 211 g/mol. The smallest absolute Gasteiger partial charge is 0.243 e. The van der Waals surface area contributed by atoms with Crippen molar-refractivity contribution in [3.63, 3.8) is 0 Å². The van der Waals surface area contributed by atoms with Crippen LogP contribution >= 0.6 is 0 Å². The average molecular weight is 211 g/mol. The fourth-order valence-electron chi connectivity index (χ4n) is 1.73. The summed E-state index contributed by atoms with van der Waals surface area (Å²) in [5.74, 6) is 1.44. The summed E-state index contributed by atoms with van der Waals surface area (Å²) in [6.07, 6.45) is 3.09. The van der Waals surface area contributed by atoms with Gasteiger partial charge >= 0.3 is 0 Å². The van der Waals surface area contributed by atoms with Crippen molar-refractivity contribution in [2.24, 2.45) is 0 Å². The van der Waals surface area contributed by atoms with Gasteiger partial charge in [-0.2, -0.15) is 4.98 Å². The molecule has 1 aromatic rings. The zero-order valence-electron chi connectivity index (χ0n) is 9.19. The van der Waals surface area contributed by atoms with Gasteiger partial charge in [0.05, 0.1) is 12.1 Å². The first-order valence-electron chi connectivity index (χ1n) is 5.38. The SMILES string of the molecule is COC(C)Cc1noc([C@H]2CCCN2)n1. The van der Waals surface area contributed by atoms with Gasteiger partial charge in [-0.3, -0.25) is 0 Å². The minimum absolute atomic E-state index is 0.131. The molecule has 5 heteroatoms. The van der Waals surface area contributed by atoms with Gasteiger partial charge in [0, 0.05) is 13.5 Å². The second kappa shape index (κ2) is 4.72. The predicted molar refractivity (Wildman–Crippen MR) is 54.5 cm³/mol. The molecule has 1 aliphatic heterocycles. The van der Waals surface area contributed by atoms with E-state index in [1.54, 1.807) is 7.11 Å². The fourth-order valence-corrected chi connectivity index (χ4v) is 1.73. The molecule has 0 aromatic carbocycles. The van der Waals surface area contributed by atoms with E-state index < -0.39 is 0 Å². The summed E-state index contributed by atoms with van der Waals surface area (Å²) in [7, 11) is 1.68. The Balaban J connectivity index is 1.97. The molecule has 1 unspecified atom stereocenters. The van der Waals surface area contributed by atoms with Crippen molar-refractivity contribution in [2.45, 2.75) is 38.3 Å². The first kappa shape index (κ1) is 10.6. The van der Waals surface area contributed by atoms with E-state index in [4.69, 9.17) is 9.26 Å². The number of hydrogen-bond donors (Lipinski definition) is 1. The van der Waals surface area contributed by atoms with Crippen molar-refractivity contribution >= 4 is 0 Å². The Morgan fingerprint density at radius 3 is 3.20 bits per heavy atom. The van der Waals surface area contributed by atoms with Crippen LogP contribution in [-0.2, 0) is 11.2 Å². The van der Waals surface area contributed by atoms with Crippen molar-refractivity contribution < 1.29 is 9.26 Å². The van der Waals surface area contributed by atoms with Gasteiger partial charge in [-0.1, -0.05) is 5.16 Å². The Morgan fingerprint density at radius 2 is 2.53 bits per heavy atom. The fraction of sp³-hybridized carbons (Fsp3) is 0.800. The highest BCUT2D eigenvalue weighted by Crippen LogP contribution is 2.21. The molecule has 2 heterocycles. The summed E-state index contributed by atoms with van der Waals surface area (Å²) < 4.78 is 10.4. The molecule has 5 nitrogen and oxygen atoms in total. The average Bonchev–Trinajstić information content (AvgIpc) is 2.85. The third kappa shape index (κ3) is 2.54. The molecule has 0 amide bonds. The minimum Gasteiger partial charge on any atom is -0.381 e. The van der Waals surface area contributed by atoms with Gasteiger partial charge in [0.2, 0.25) is 5.89 Å². The zero-order valence-corrected chi connectivity index (χ0v) is 9.19. The third-order valence-corrected chi connectivity index (χ3v) is 2.71. The van der Waals surface area contributed by atoms with Gasteiger partial charge in [0.1, 0.15) is 0 Å². The highest BCUT2D eigenvalue weighted by molar-refractivity contribution is 4.96. The Kier molecular flexibility index (Phi) is 3.33. The third-order valence-electron chi connectivity index (χ3n) is 2.71. The molecule has 1 aromatic heterocycles. The molecule has 84 valence electrons. The second-order valence-corrected chi connectivity index (χ2v) is 3.95. The summed E-state index contributed by atoms with van der Waals surface area (Å²) in [5, 5.41) is 7.27. The lowest BCUT2D eigenvalue weighted by Crippen LogP contribution is -2.13. The number of nitrogens with one attached hydrogen (secondary N) is 1. The maximum absolute atomic E-state index is 5.21. The Morgan fingerprint density at radius 1 is 1.67 bits per heavy atom. The molecule has 1 N–H and O–H groups in total. The van der Waals surface area contributed by atoms with Crippen molar-refractivity contribution in [3.8, 4) is 0 Å². The Labute approximate surface area is 89.2 Å². The van der Waals surface area contributed by atoms with Crippen LogP contribution < -0.4 is 5.32 Å². The van der Waals surface area contributed by atoms with Crippen LogP contribution in [0.25, 0.3) is 0 Å². The maximum Gasteiger partial charge on any atom is 0.243 e. The summed E-state index contributed by atoms with van der Waals surface area (Å²) in [5.41, 5.74) is 0. The largest absolute Gasteiger partial charge is 0.381 e. The number of hydrogen-bond acceptors (Lipinski definition) is 5. The highest BCUT2D eigenvalue weighted by Gasteiger charge is 2.22. The van der Waals surface area contributed by atoms with Gasteiger partial charge in [0.25, 0.3) is 0 Å². The van der Waals surface area contributed by atoms with Crippen molar-refractivity contribution in [3.05, 3.63) is 11.7 Å². The van der Waals surface area contributed by atoms with Crippen LogP contribution in [0.3, 0.4) is 0 Å². The van der Waals surface area contributed by atoms with Gasteiger partial charge in [-0.05, 0) is 26.3 Å². The predicted octanol–water partition coefficient (Wildman–Crippen LogP) is 1.07. The molecule has 0 aliphatic carbocycles. The highest BCUT2D eigenvalue weighted by atomic mass is 16.5. The Hall–Kier alpha value is -0.940. The number of methoxy groups -OCH3 is 1. The summed E-state index contributed by atoms with van der Waals surface area (Å²) >= 11 is 0. The van der Waals surface area contributed by atoms with E-state index in [9.17, 15) is 0 Å². The maximum atomic E-state index is 5.21. The van der Waals surface area contributed by atoms with Crippen LogP contribution in [0.4, 0.5) is 0 Å². The van der Waals surface area contributed by atoms with Crippen molar-refractivity contribution in [1.82, 2.24) is 15.5 Å². The van der Waals surface area contributed by atoms with Gasteiger partial charge in [-0.25, -0.2) is 0 Å². The van der Waals surface area contributed by atoms with Gasteiger partial charge in [-0.15, -0.1) is 0 Å². The molecular formula is C10H17N3O2. The molecule has 0 saturated carbocycles. The van der Waals surface area contributed by atoms with Crippen LogP contribution in [0, 0.1) is 0 Å². The molecule has 1 aliphatic rings. The Bertz CT molecular complexity index is 307. The zero-order chi connectivity index (χ0) is 10.7. The van der Waals surface area contributed by atoms with E-state index in [1.807, 2.05) is 6.92 Å². The van der Waals surface area contributed by atoms with E-state index >= 15 is 0 Å². The van der Waals surface area contributed by atoms with E-state index in [1.165, 1.54) is 6.42 Å². The van der Waals surface area contributed by atoms with Crippen LogP contribution in [0.1, 0.15) is 37.5 Å². The summed E-state index contributed by atoms with van der Waals surface area (Å²) in [6.45, 7) is 3.03. The molecule has 2 rings (SSSR count). The number of nitrogens with zero attached hydrogens (tertiary/aromatic N) is 2. The first-order valence-corrected chi connectivity index (χ1v) is 5.38. The molecule has 0 radical (unpaired) electrons. The second-order valence-electron chi connectivity index (χ2n) is 3.95. The van der Waals surface area contributed by atoms with Crippen molar-refractivity contribution in [2.75, 3.05) is 13.7 Å². The molecule has 2 atom stereocenters. The standard InChI is InChI=1S/C10H17N3O2/c1-7(14-2)6-9-12-10(15-13-9)8-4-3-5-11-8/h7-8,11H,3-6H2,1-2H3/t7?,8-/m1/s1. The lowest BCUT2D eigenvalue weighted by atomic mass is 10.2.